The van der Waals surface area contributed by atoms with Crippen LogP contribution in [-0.4, -0.2) is 60.6 Å². The number of hydrogen-bond donors (Lipinski definition) is 3. The van der Waals surface area contributed by atoms with E-state index in [2.05, 4.69) is 4.74 Å². The Labute approximate surface area is 133 Å². The number of methoxy groups -OCH3 is 1. The highest BCUT2D eigenvalue weighted by molar-refractivity contribution is 5.70. The van der Waals surface area contributed by atoms with Crippen LogP contribution >= 0.6 is 0 Å². The van der Waals surface area contributed by atoms with Crippen molar-refractivity contribution < 1.29 is 34.0 Å². The second-order valence-corrected chi connectivity index (χ2v) is 5.23. The summed E-state index contributed by atoms with van der Waals surface area (Å²) in [6.45, 7) is 1.22. The molecule has 5 unspecified atom stereocenters. The average Bonchev–Trinajstić information content (AvgIpc) is 2.54. The fourth-order valence-corrected chi connectivity index (χ4v) is 2.19. The number of hydrogen-bond acceptors (Lipinski definition) is 8. The lowest BCUT2D eigenvalue weighted by molar-refractivity contribution is -0.277. The van der Waals surface area contributed by atoms with E-state index >= 15 is 0 Å². The van der Waals surface area contributed by atoms with Gasteiger partial charge in [-0.25, -0.2) is 4.79 Å². The molecule has 0 saturated carbocycles. The maximum Gasteiger partial charge on any atom is 0.331 e. The summed E-state index contributed by atoms with van der Waals surface area (Å²) in [5.41, 5.74) is 6.17. The van der Waals surface area contributed by atoms with E-state index in [1.165, 1.54) is 7.11 Å². The molecule has 0 amide bonds. The summed E-state index contributed by atoms with van der Waals surface area (Å²) in [6.07, 6.45) is -5.15. The van der Waals surface area contributed by atoms with Crippen LogP contribution in [0.15, 0.2) is 24.3 Å². The molecule has 23 heavy (non-hydrogen) atoms. The smallest absolute Gasteiger partial charge is 0.331 e. The Balaban J connectivity index is 2.05. The number of esters is 1. The van der Waals surface area contributed by atoms with Crippen LogP contribution in [0, 0.1) is 0 Å². The predicted octanol–water partition coefficient (Wildman–Crippen LogP) is -0.328. The van der Waals surface area contributed by atoms with Crippen LogP contribution < -0.4 is 10.5 Å². The largest absolute Gasteiger partial charge is 0.467 e. The molecule has 0 spiro atoms. The zero-order chi connectivity index (χ0) is 17.0. The van der Waals surface area contributed by atoms with Crippen LogP contribution in [-0.2, 0) is 19.0 Å². The number of anilines is 1. The van der Waals surface area contributed by atoms with Crippen LogP contribution in [0.1, 0.15) is 6.92 Å². The van der Waals surface area contributed by atoms with Crippen LogP contribution in [0.4, 0.5) is 5.69 Å². The number of carbonyl (C=O) groups is 1. The van der Waals surface area contributed by atoms with E-state index in [1.54, 1.807) is 31.2 Å². The highest BCUT2D eigenvalue weighted by atomic mass is 16.7. The van der Waals surface area contributed by atoms with Gasteiger partial charge in [-0.05, 0) is 31.2 Å². The van der Waals surface area contributed by atoms with Crippen LogP contribution in [0.5, 0.6) is 5.75 Å². The molecule has 8 heteroatoms. The first-order valence-electron chi connectivity index (χ1n) is 7.14. The molecule has 1 fully saturated rings. The van der Waals surface area contributed by atoms with Gasteiger partial charge in [0.15, 0.2) is 0 Å². The number of nitrogens with two attached hydrogens (primary N) is 1. The van der Waals surface area contributed by atoms with E-state index in [0.717, 1.165) is 0 Å². The van der Waals surface area contributed by atoms with Gasteiger partial charge in [-0.1, -0.05) is 0 Å². The lowest BCUT2D eigenvalue weighted by Crippen LogP contribution is -2.59. The first-order chi connectivity index (χ1) is 10.9. The van der Waals surface area contributed by atoms with Gasteiger partial charge in [0.25, 0.3) is 0 Å². The zero-order valence-corrected chi connectivity index (χ0v) is 12.9. The summed E-state index contributed by atoms with van der Waals surface area (Å²) in [7, 11) is 1.22. The molecule has 1 aromatic rings. The van der Waals surface area contributed by atoms with Gasteiger partial charge in [-0.2, -0.15) is 0 Å². The summed E-state index contributed by atoms with van der Waals surface area (Å²) in [5, 5.41) is 20.4. The molecule has 2 rings (SSSR count). The normalized spacial score (nSPS) is 30.7. The maximum absolute atomic E-state index is 11.2. The molecule has 1 aliphatic heterocycles. The molecule has 0 aliphatic carbocycles. The summed E-state index contributed by atoms with van der Waals surface area (Å²) >= 11 is 0. The van der Waals surface area contributed by atoms with E-state index in [1.807, 2.05) is 0 Å². The van der Waals surface area contributed by atoms with Crippen LogP contribution in [0.3, 0.4) is 0 Å². The van der Waals surface area contributed by atoms with E-state index in [0.29, 0.717) is 11.4 Å². The summed E-state index contributed by atoms with van der Waals surface area (Å²) < 4.78 is 20.8. The van der Waals surface area contributed by atoms with Crippen molar-refractivity contribution in [2.24, 2.45) is 0 Å². The number of aliphatic hydroxyl groups is 2. The van der Waals surface area contributed by atoms with Crippen molar-refractivity contribution in [2.45, 2.75) is 37.6 Å². The third-order valence-electron chi connectivity index (χ3n) is 3.54. The number of rotatable bonds is 5. The fraction of sp³-hybridized carbons (Fsp3) is 0.533. The molecule has 1 aromatic carbocycles. The third-order valence-corrected chi connectivity index (χ3v) is 3.54. The number of benzene rings is 1. The minimum atomic E-state index is -1.29. The Morgan fingerprint density at radius 3 is 2.52 bits per heavy atom. The van der Waals surface area contributed by atoms with Crippen LogP contribution in [0.2, 0.25) is 0 Å². The van der Waals surface area contributed by atoms with Crippen LogP contribution in [0.25, 0.3) is 0 Å². The number of carbonyl (C=O) groups excluding carboxylic acids is 1. The molecular formula is C15H21NO7. The Morgan fingerprint density at radius 2 is 1.91 bits per heavy atom. The molecule has 0 aromatic heterocycles. The lowest BCUT2D eigenvalue weighted by Gasteiger charge is -2.40. The topological polar surface area (TPSA) is 120 Å². The third kappa shape index (κ3) is 4.32. The quantitative estimate of drug-likeness (QED) is 0.497. The minimum Gasteiger partial charge on any atom is -0.467 e. The van der Waals surface area contributed by atoms with Crippen molar-refractivity contribution in [1.29, 1.82) is 0 Å². The first-order valence-corrected chi connectivity index (χ1v) is 7.14. The molecule has 4 N–H and O–H groups in total. The minimum absolute atomic E-state index is 0.392. The van der Waals surface area contributed by atoms with Gasteiger partial charge in [0.2, 0.25) is 6.29 Å². The van der Waals surface area contributed by atoms with Crippen molar-refractivity contribution in [3.63, 3.8) is 0 Å². The van der Waals surface area contributed by atoms with Gasteiger partial charge in [0.1, 0.15) is 30.7 Å². The van der Waals surface area contributed by atoms with Gasteiger partial charge in [0.05, 0.1) is 13.2 Å². The van der Waals surface area contributed by atoms with Crippen molar-refractivity contribution in [2.75, 3.05) is 19.5 Å². The first kappa shape index (κ1) is 17.5. The molecule has 1 saturated heterocycles. The molecule has 1 heterocycles. The predicted molar refractivity (Wildman–Crippen MR) is 79.6 cm³/mol. The van der Waals surface area contributed by atoms with E-state index < -0.39 is 43.3 Å². The Kier molecular flexibility index (Phi) is 5.78. The maximum atomic E-state index is 11.2. The average molecular weight is 327 g/mol. The van der Waals surface area contributed by atoms with Gasteiger partial charge >= 0.3 is 5.97 Å². The molecule has 5 atom stereocenters. The second-order valence-electron chi connectivity index (χ2n) is 5.23. The number of ether oxygens (including phenoxy) is 4. The monoisotopic (exact) mass is 327 g/mol. The van der Waals surface area contributed by atoms with Gasteiger partial charge in [0, 0.05) is 5.69 Å². The molecule has 1 aliphatic rings. The highest BCUT2D eigenvalue weighted by Crippen LogP contribution is 2.26. The van der Waals surface area contributed by atoms with Crippen molar-refractivity contribution in [1.82, 2.24) is 0 Å². The van der Waals surface area contributed by atoms with Gasteiger partial charge in [-0.15, -0.1) is 0 Å². The van der Waals surface area contributed by atoms with Gasteiger partial charge < -0.3 is 34.9 Å². The second kappa shape index (κ2) is 7.60. The highest BCUT2D eigenvalue weighted by Gasteiger charge is 2.45. The Hall–Kier alpha value is -1.87. The van der Waals surface area contributed by atoms with Crippen molar-refractivity contribution in [3.05, 3.63) is 24.3 Å². The summed E-state index contributed by atoms with van der Waals surface area (Å²) in [4.78, 5) is 11.2. The van der Waals surface area contributed by atoms with Crippen molar-refractivity contribution in [3.8, 4) is 5.75 Å². The summed E-state index contributed by atoms with van der Waals surface area (Å²) in [5.74, 6) is -0.168. The van der Waals surface area contributed by atoms with E-state index in [-0.39, 0.29) is 0 Å². The summed E-state index contributed by atoms with van der Waals surface area (Å²) in [6, 6.07) is 6.55. The van der Waals surface area contributed by atoms with Gasteiger partial charge in [-0.3, -0.25) is 0 Å². The molecular weight excluding hydrogens is 306 g/mol. The SMILES string of the molecule is COC(=O)COC1C(O)C(C)OC(Oc2ccc(N)cc2)C1O. The molecule has 8 nitrogen and oxygen atoms in total. The fourth-order valence-electron chi connectivity index (χ4n) is 2.19. The standard InChI is InChI=1S/C15H21NO7/c1-8-12(18)14(21-7-11(17)20-2)13(19)15(22-8)23-10-5-3-9(16)4-6-10/h3-6,8,12-15,18-19H,7,16H2,1-2H3. The Bertz CT molecular complexity index is 521. The molecule has 128 valence electrons. The Morgan fingerprint density at radius 1 is 1.26 bits per heavy atom. The lowest BCUT2D eigenvalue weighted by atomic mass is 9.99. The molecule has 0 bridgehead atoms. The zero-order valence-electron chi connectivity index (χ0n) is 12.9. The number of nitrogen functional groups attached to an aromatic ring is 1. The van der Waals surface area contributed by atoms with E-state index in [9.17, 15) is 15.0 Å². The molecule has 0 radical (unpaired) electrons. The number of aliphatic hydroxyl groups excluding tert-OH is 2. The van der Waals surface area contributed by atoms with E-state index in [4.69, 9.17) is 19.9 Å². The van der Waals surface area contributed by atoms with Crippen molar-refractivity contribution >= 4 is 11.7 Å².